The van der Waals surface area contributed by atoms with Crippen molar-refractivity contribution >= 4 is 11.3 Å². The summed E-state index contributed by atoms with van der Waals surface area (Å²) in [4.78, 5) is 0. The lowest BCUT2D eigenvalue weighted by Gasteiger charge is -2.12. The summed E-state index contributed by atoms with van der Waals surface area (Å²) in [6, 6.07) is 0.782. The molecule has 0 radical (unpaired) electrons. The minimum absolute atomic E-state index is 0.357. The Hall–Kier alpha value is -0.520. The van der Waals surface area contributed by atoms with Gasteiger partial charge in [-0.1, -0.05) is 6.92 Å². The Morgan fingerprint density at radius 1 is 1.33 bits per heavy atom. The Morgan fingerprint density at radius 3 is 3.00 bits per heavy atom. The highest BCUT2D eigenvalue weighted by Crippen LogP contribution is 2.34. The smallest absolute Gasteiger partial charge is 0.123 e. The standard InChI is InChI=1S/C13H21N3OS/c1-2-11-10(6-8-17-11)13-16-15-12(18-13)5-7-14-9-3-4-9/h9-11,14H,2-8H2,1H3. The van der Waals surface area contributed by atoms with Gasteiger partial charge in [0.2, 0.25) is 0 Å². The van der Waals surface area contributed by atoms with Gasteiger partial charge >= 0.3 is 0 Å². The lowest BCUT2D eigenvalue weighted by Crippen LogP contribution is -2.19. The fourth-order valence-corrected chi connectivity index (χ4v) is 3.55. The molecular formula is C13H21N3OS. The van der Waals surface area contributed by atoms with Crippen molar-refractivity contribution in [2.24, 2.45) is 0 Å². The first kappa shape index (κ1) is 12.5. The molecule has 3 rings (SSSR count). The Morgan fingerprint density at radius 2 is 2.22 bits per heavy atom. The molecule has 0 amide bonds. The van der Waals surface area contributed by atoms with E-state index in [0.29, 0.717) is 12.0 Å². The second kappa shape index (κ2) is 5.63. The van der Waals surface area contributed by atoms with Crippen molar-refractivity contribution in [2.75, 3.05) is 13.2 Å². The van der Waals surface area contributed by atoms with Crippen molar-refractivity contribution in [3.05, 3.63) is 10.0 Å². The highest BCUT2D eigenvalue weighted by Gasteiger charge is 2.31. The second-order valence-electron chi connectivity index (χ2n) is 5.23. The molecule has 1 aliphatic carbocycles. The Labute approximate surface area is 112 Å². The van der Waals surface area contributed by atoms with E-state index < -0.39 is 0 Å². The Kier molecular flexibility index (Phi) is 3.91. The van der Waals surface area contributed by atoms with Crippen LogP contribution in [-0.2, 0) is 11.2 Å². The van der Waals surface area contributed by atoms with Gasteiger partial charge in [0.25, 0.3) is 0 Å². The molecule has 0 aromatic carbocycles. The SMILES string of the molecule is CCC1OCCC1c1nnc(CCNC2CC2)s1. The van der Waals surface area contributed by atoms with Gasteiger partial charge in [0.15, 0.2) is 0 Å². The summed E-state index contributed by atoms with van der Waals surface area (Å²) in [5, 5.41) is 14.6. The largest absolute Gasteiger partial charge is 0.377 e. The summed E-state index contributed by atoms with van der Waals surface area (Å²) in [5.74, 6) is 0.484. The number of hydrogen-bond acceptors (Lipinski definition) is 5. The van der Waals surface area contributed by atoms with Crippen molar-refractivity contribution in [1.82, 2.24) is 15.5 Å². The van der Waals surface area contributed by atoms with E-state index in [1.54, 1.807) is 11.3 Å². The van der Waals surface area contributed by atoms with E-state index in [1.165, 1.54) is 22.9 Å². The maximum atomic E-state index is 5.73. The zero-order chi connectivity index (χ0) is 12.4. The molecule has 2 atom stereocenters. The summed E-state index contributed by atoms with van der Waals surface area (Å²) in [6.45, 7) is 4.10. The van der Waals surface area contributed by atoms with Gasteiger partial charge in [0, 0.05) is 31.5 Å². The van der Waals surface area contributed by atoms with Crippen molar-refractivity contribution in [2.45, 2.75) is 57.1 Å². The van der Waals surface area contributed by atoms with Gasteiger partial charge in [-0.25, -0.2) is 0 Å². The van der Waals surface area contributed by atoms with Gasteiger partial charge in [-0.05, 0) is 25.7 Å². The number of hydrogen-bond donors (Lipinski definition) is 1. The lowest BCUT2D eigenvalue weighted by atomic mass is 10.0. The zero-order valence-electron chi connectivity index (χ0n) is 10.9. The van der Waals surface area contributed by atoms with Crippen molar-refractivity contribution in [3.8, 4) is 0 Å². The summed E-state index contributed by atoms with van der Waals surface area (Å²) in [7, 11) is 0. The average Bonchev–Trinajstić information content (AvgIpc) is 2.92. The molecule has 2 heterocycles. The first-order chi connectivity index (χ1) is 8.86. The first-order valence-electron chi connectivity index (χ1n) is 7.04. The fraction of sp³-hybridized carbons (Fsp3) is 0.846. The van der Waals surface area contributed by atoms with E-state index in [1.807, 2.05) is 0 Å². The van der Waals surface area contributed by atoms with Crippen LogP contribution in [0.25, 0.3) is 0 Å². The number of aromatic nitrogens is 2. The van der Waals surface area contributed by atoms with Crippen molar-refractivity contribution < 1.29 is 4.74 Å². The molecule has 1 saturated heterocycles. The molecule has 4 nitrogen and oxygen atoms in total. The predicted molar refractivity (Wildman–Crippen MR) is 72.0 cm³/mol. The summed E-state index contributed by atoms with van der Waals surface area (Å²) < 4.78 is 5.73. The lowest BCUT2D eigenvalue weighted by molar-refractivity contribution is 0.100. The van der Waals surface area contributed by atoms with Gasteiger partial charge in [-0.2, -0.15) is 0 Å². The first-order valence-corrected chi connectivity index (χ1v) is 7.85. The molecule has 5 heteroatoms. The third-order valence-electron chi connectivity index (χ3n) is 3.76. The molecule has 0 bridgehead atoms. The molecule has 0 spiro atoms. The molecular weight excluding hydrogens is 246 g/mol. The predicted octanol–water partition coefficient (Wildman–Crippen LogP) is 2.12. The second-order valence-corrected chi connectivity index (χ2v) is 6.32. The molecule has 18 heavy (non-hydrogen) atoms. The van der Waals surface area contributed by atoms with E-state index >= 15 is 0 Å². The summed E-state index contributed by atoms with van der Waals surface area (Å²) in [6.07, 6.45) is 6.24. The quantitative estimate of drug-likeness (QED) is 0.857. The highest BCUT2D eigenvalue weighted by molar-refractivity contribution is 7.11. The van der Waals surface area contributed by atoms with Crippen LogP contribution in [0.5, 0.6) is 0 Å². The van der Waals surface area contributed by atoms with Crippen LogP contribution in [0.2, 0.25) is 0 Å². The van der Waals surface area contributed by atoms with Gasteiger partial charge in [-0.15, -0.1) is 21.5 Å². The fourth-order valence-electron chi connectivity index (χ4n) is 2.52. The van der Waals surface area contributed by atoms with E-state index in [0.717, 1.165) is 38.5 Å². The van der Waals surface area contributed by atoms with Crippen LogP contribution in [0, 0.1) is 0 Å². The number of rotatable bonds is 6. The van der Waals surface area contributed by atoms with Gasteiger partial charge in [0.1, 0.15) is 10.0 Å². The van der Waals surface area contributed by atoms with Crippen LogP contribution in [0.4, 0.5) is 0 Å². The van der Waals surface area contributed by atoms with E-state index in [-0.39, 0.29) is 0 Å². The summed E-state index contributed by atoms with van der Waals surface area (Å²) >= 11 is 1.78. The van der Waals surface area contributed by atoms with Crippen LogP contribution in [0.3, 0.4) is 0 Å². The Bertz CT molecular complexity index is 391. The molecule has 2 aliphatic rings. The summed E-state index contributed by atoms with van der Waals surface area (Å²) in [5.41, 5.74) is 0. The normalized spacial score (nSPS) is 27.8. The average molecular weight is 267 g/mol. The monoisotopic (exact) mass is 267 g/mol. The molecule has 2 unspecified atom stereocenters. The molecule has 2 fully saturated rings. The van der Waals surface area contributed by atoms with Crippen LogP contribution in [0.15, 0.2) is 0 Å². The molecule has 1 saturated carbocycles. The van der Waals surface area contributed by atoms with Gasteiger partial charge in [-0.3, -0.25) is 0 Å². The molecule has 1 aromatic heterocycles. The topological polar surface area (TPSA) is 47.0 Å². The molecule has 1 aliphatic heterocycles. The minimum Gasteiger partial charge on any atom is -0.377 e. The van der Waals surface area contributed by atoms with Crippen LogP contribution in [0.1, 0.15) is 48.5 Å². The van der Waals surface area contributed by atoms with E-state index in [2.05, 4.69) is 22.4 Å². The maximum Gasteiger partial charge on any atom is 0.123 e. The molecule has 1 N–H and O–H groups in total. The number of nitrogens with zero attached hydrogens (tertiary/aromatic N) is 2. The number of ether oxygens (including phenoxy) is 1. The van der Waals surface area contributed by atoms with Crippen molar-refractivity contribution in [3.63, 3.8) is 0 Å². The van der Waals surface area contributed by atoms with Crippen LogP contribution in [-0.4, -0.2) is 35.5 Å². The van der Waals surface area contributed by atoms with Crippen LogP contribution < -0.4 is 5.32 Å². The number of nitrogens with one attached hydrogen (secondary N) is 1. The Balaban J connectivity index is 1.54. The third-order valence-corrected chi connectivity index (χ3v) is 4.88. The molecule has 100 valence electrons. The van der Waals surface area contributed by atoms with E-state index in [4.69, 9.17) is 4.74 Å². The minimum atomic E-state index is 0.357. The highest BCUT2D eigenvalue weighted by atomic mass is 32.1. The van der Waals surface area contributed by atoms with E-state index in [9.17, 15) is 0 Å². The van der Waals surface area contributed by atoms with Gasteiger partial charge < -0.3 is 10.1 Å². The third kappa shape index (κ3) is 2.90. The molecule has 1 aromatic rings. The maximum absolute atomic E-state index is 5.73. The van der Waals surface area contributed by atoms with Crippen molar-refractivity contribution in [1.29, 1.82) is 0 Å². The zero-order valence-corrected chi connectivity index (χ0v) is 11.7. The van der Waals surface area contributed by atoms with Gasteiger partial charge in [0.05, 0.1) is 6.10 Å². The van der Waals surface area contributed by atoms with Crippen LogP contribution >= 0.6 is 11.3 Å².